The van der Waals surface area contributed by atoms with Crippen molar-refractivity contribution in [3.8, 4) is 0 Å². The van der Waals surface area contributed by atoms with Gasteiger partial charge in [0.1, 0.15) is 12.0 Å². The fourth-order valence-electron chi connectivity index (χ4n) is 2.62. The van der Waals surface area contributed by atoms with E-state index in [0.29, 0.717) is 26.6 Å². The van der Waals surface area contributed by atoms with Crippen LogP contribution in [0.15, 0.2) is 41.4 Å². The molecule has 156 valence electrons. The molecule has 3 N–H and O–H groups in total. The second-order valence-electron chi connectivity index (χ2n) is 6.21. The lowest BCUT2D eigenvalue weighted by molar-refractivity contribution is 0.0926. The van der Waals surface area contributed by atoms with Gasteiger partial charge in [-0.15, -0.1) is 11.8 Å². The molecule has 0 aliphatic carbocycles. The van der Waals surface area contributed by atoms with Crippen molar-refractivity contribution in [1.29, 1.82) is 5.41 Å². The Balaban J connectivity index is 2.22. The van der Waals surface area contributed by atoms with Crippen LogP contribution in [-0.2, 0) is 0 Å². The monoisotopic (exact) mass is 471 g/mol. The van der Waals surface area contributed by atoms with Gasteiger partial charge in [0.15, 0.2) is 5.17 Å². The number of benzene rings is 1. The molecule has 1 amide bonds. The van der Waals surface area contributed by atoms with E-state index in [1.807, 2.05) is 25.5 Å². The number of hydrogen-bond acceptors (Lipinski definition) is 6. The summed E-state index contributed by atoms with van der Waals surface area (Å²) < 4.78 is 0. The molecule has 10 heteroatoms. The number of rotatable bonds is 7. The fraction of sp³-hybridized carbons (Fsp3) is 0.316. The van der Waals surface area contributed by atoms with E-state index in [9.17, 15) is 4.79 Å². The van der Waals surface area contributed by atoms with Gasteiger partial charge in [0, 0.05) is 28.7 Å². The Morgan fingerprint density at radius 3 is 2.52 bits per heavy atom. The summed E-state index contributed by atoms with van der Waals surface area (Å²) in [6.45, 7) is 1.87. The maximum Gasteiger partial charge on any atom is 0.251 e. The van der Waals surface area contributed by atoms with Crippen LogP contribution >= 0.6 is 46.7 Å². The number of likely N-dealkylation sites (N-methyl/N-ethyl adjacent to an activating group) is 1. The number of halogens is 2. The van der Waals surface area contributed by atoms with Crippen LogP contribution in [0.2, 0.25) is 10.0 Å². The van der Waals surface area contributed by atoms with Gasteiger partial charge in [-0.3, -0.25) is 10.2 Å². The molecule has 2 unspecified atom stereocenters. The van der Waals surface area contributed by atoms with Crippen LogP contribution in [0.3, 0.4) is 0 Å². The van der Waals surface area contributed by atoms with Crippen molar-refractivity contribution >= 4 is 63.6 Å². The minimum atomic E-state index is -0.410. The lowest BCUT2D eigenvalue weighted by Gasteiger charge is -2.35. The van der Waals surface area contributed by atoms with Crippen molar-refractivity contribution in [3.05, 3.63) is 52.1 Å². The van der Waals surface area contributed by atoms with Crippen molar-refractivity contribution < 1.29 is 4.79 Å². The minimum absolute atomic E-state index is 0.241. The smallest absolute Gasteiger partial charge is 0.251 e. The van der Waals surface area contributed by atoms with Crippen LogP contribution in [-0.4, -0.2) is 52.7 Å². The summed E-state index contributed by atoms with van der Waals surface area (Å²) in [5.41, 5.74) is 0.486. The standard InChI is InChI=1S/C19H23Cl2N5OS2/c1-11(24-18(27)12-7-14(21)9-15(8-12)28-3)17(26(2)19(22)29-4)25-16-6-5-13(20)10-23-16/h5-11,17,22H,1-4H3,(H,23,25)(H,24,27). The molecule has 0 radical (unpaired) electrons. The Hall–Kier alpha value is -1.61. The van der Waals surface area contributed by atoms with Crippen LogP contribution in [0.4, 0.5) is 5.82 Å². The largest absolute Gasteiger partial charge is 0.348 e. The van der Waals surface area contributed by atoms with E-state index < -0.39 is 6.17 Å². The fourth-order valence-corrected chi connectivity index (χ4v) is 3.92. The highest BCUT2D eigenvalue weighted by Crippen LogP contribution is 2.22. The Labute approximate surface area is 189 Å². The van der Waals surface area contributed by atoms with Gasteiger partial charge < -0.3 is 15.5 Å². The normalized spacial score (nSPS) is 12.8. The molecular formula is C19H23Cl2N5OS2. The predicted molar refractivity (Wildman–Crippen MR) is 126 cm³/mol. The minimum Gasteiger partial charge on any atom is -0.348 e. The van der Waals surface area contributed by atoms with Crippen LogP contribution < -0.4 is 10.6 Å². The van der Waals surface area contributed by atoms with Gasteiger partial charge in [-0.1, -0.05) is 35.0 Å². The summed E-state index contributed by atoms with van der Waals surface area (Å²) in [7, 11) is 1.79. The molecule has 2 atom stereocenters. The van der Waals surface area contributed by atoms with Gasteiger partial charge >= 0.3 is 0 Å². The first-order valence-corrected chi connectivity index (χ1v) is 11.8. The molecule has 0 fully saturated rings. The topological polar surface area (TPSA) is 81.1 Å². The molecule has 0 saturated carbocycles. The molecule has 0 aliphatic heterocycles. The summed E-state index contributed by atoms with van der Waals surface area (Å²) in [6.07, 6.45) is 4.89. The Bertz CT molecular complexity index is 866. The number of carbonyl (C=O) groups is 1. The third kappa shape index (κ3) is 6.70. The number of thioether (sulfide) groups is 2. The molecule has 0 aliphatic rings. The van der Waals surface area contributed by atoms with Gasteiger partial charge in [0.25, 0.3) is 5.91 Å². The predicted octanol–water partition coefficient (Wildman–Crippen LogP) is 4.90. The second-order valence-corrected chi connectivity index (χ2v) is 8.76. The average molecular weight is 472 g/mol. The molecule has 29 heavy (non-hydrogen) atoms. The molecule has 0 saturated heterocycles. The van der Waals surface area contributed by atoms with E-state index in [1.165, 1.54) is 23.5 Å². The van der Waals surface area contributed by atoms with Crippen molar-refractivity contribution in [3.63, 3.8) is 0 Å². The molecule has 1 aromatic heterocycles. The summed E-state index contributed by atoms with van der Waals surface area (Å²) in [6, 6.07) is 8.38. The summed E-state index contributed by atoms with van der Waals surface area (Å²) in [4.78, 5) is 19.7. The highest BCUT2D eigenvalue weighted by atomic mass is 35.5. The third-order valence-electron chi connectivity index (χ3n) is 4.16. The zero-order chi connectivity index (χ0) is 21.6. The quantitative estimate of drug-likeness (QED) is 0.230. The SMILES string of the molecule is CSC(=N)N(C)C(Nc1ccc(Cl)cn1)C(C)NC(=O)c1cc(Cl)cc(SC)c1. The molecular weight excluding hydrogens is 449 g/mol. The van der Waals surface area contributed by atoms with Gasteiger partial charge in [0.05, 0.1) is 11.1 Å². The molecule has 2 aromatic rings. The molecule has 1 heterocycles. The van der Waals surface area contributed by atoms with Gasteiger partial charge in [-0.2, -0.15) is 0 Å². The number of hydrogen-bond donors (Lipinski definition) is 3. The van der Waals surface area contributed by atoms with E-state index in [4.69, 9.17) is 28.6 Å². The number of nitrogens with one attached hydrogen (secondary N) is 3. The molecule has 0 spiro atoms. The lowest BCUT2D eigenvalue weighted by Crippen LogP contribution is -2.54. The highest BCUT2D eigenvalue weighted by molar-refractivity contribution is 8.13. The first-order chi connectivity index (χ1) is 13.7. The van der Waals surface area contributed by atoms with Gasteiger partial charge in [0.2, 0.25) is 0 Å². The first kappa shape index (κ1) is 23.7. The van der Waals surface area contributed by atoms with Crippen molar-refractivity contribution in [2.45, 2.75) is 24.0 Å². The van der Waals surface area contributed by atoms with Gasteiger partial charge in [-0.25, -0.2) is 4.98 Å². The maximum atomic E-state index is 12.8. The van der Waals surface area contributed by atoms with Crippen molar-refractivity contribution in [2.75, 3.05) is 24.9 Å². The zero-order valence-corrected chi connectivity index (χ0v) is 19.6. The second kappa shape index (κ2) is 11.0. The molecule has 0 bridgehead atoms. The average Bonchev–Trinajstić information content (AvgIpc) is 2.71. The molecule has 2 rings (SSSR count). The number of nitrogens with zero attached hydrogens (tertiary/aromatic N) is 2. The van der Waals surface area contributed by atoms with E-state index in [-0.39, 0.29) is 11.9 Å². The Morgan fingerprint density at radius 1 is 1.21 bits per heavy atom. The number of amidine groups is 1. The lowest BCUT2D eigenvalue weighted by atomic mass is 10.1. The summed E-state index contributed by atoms with van der Waals surface area (Å²) >= 11 is 14.9. The van der Waals surface area contributed by atoms with E-state index in [1.54, 1.807) is 42.4 Å². The Morgan fingerprint density at radius 2 is 1.93 bits per heavy atom. The van der Waals surface area contributed by atoms with Crippen LogP contribution in [0.5, 0.6) is 0 Å². The number of pyridine rings is 1. The van der Waals surface area contributed by atoms with Crippen LogP contribution in [0.1, 0.15) is 17.3 Å². The third-order valence-corrected chi connectivity index (χ3v) is 5.98. The number of aromatic nitrogens is 1. The van der Waals surface area contributed by atoms with Crippen molar-refractivity contribution in [1.82, 2.24) is 15.2 Å². The zero-order valence-electron chi connectivity index (χ0n) is 16.5. The highest BCUT2D eigenvalue weighted by Gasteiger charge is 2.26. The van der Waals surface area contributed by atoms with Crippen LogP contribution in [0, 0.1) is 5.41 Å². The van der Waals surface area contributed by atoms with Crippen LogP contribution in [0.25, 0.3) is 0 Å². The molecule has 1 aromatic carbocycles. The summed E-state index contributed by atoms with van der Waals surface area (Å²) in [5.74, 6) is 0.351. The van der Waals surface area contributed by atoms with E-state index in [0.717, 1.165) is 4.90 Å². The maximum absolute atomic E-state index is 12.8. The molecule has 6 nitrogen and oxygen atoms in total. The van der Waals surface area contributed by atoms with E-state index >= 15 is 0 Å². The van der Waals surface area contributed by atoms with Crippen molar-refractivity contribution in [2.24, 2.45) is 0 Å². The summed E-state index contributed by atoms with van der Waals surface area (Å²) in [5, 5.41) is 15.8. The number of anilines is 1. The Kier molecular flexibility index (Phi) is 8.95. The number of carbonyl (C=O) groups excluding carboxylic acids is 1. The first-order valence-electron chi connectivity index (χ1n) is 8.64. The van der Waals surface area contributed by atoms with Gasteiger partial charge in [-0.05, 0) is 49.8 Å². The number of amides is 1. The van der Waals surface area contributed by atoms with E-state index in [2.05, 4.69) is 15.6 Å².